The van der Waals surface area contributed by atoms with E-state index >= 15 is 0 Å². The van der Waals surface area contributed by atoms with Crippen molar-refractivity contribution in [3.8, 4) is 0 Å². The standard InChI is InChI=1S/C18H27N5O4S/c1-22(18-16-3-4-19-17(16)20-12-21-18)14-7-13(8-14)11-28(24,25)23-5-6-27-15(9-23)10-26-2/h3-4,12-15H,5-11H2,1-2H3,(H,19,20,21)/t13-,14+,15?. The molecule has 154 valence electrons. The van der Waals surface area contributed by atoms with E-state index in [1.807, 2.05) is 19.3 Å². The van der Waals surface area contributed by atoms with Crippen LogP contribution in [0.3, 0.4) is 0 Å². The number of rotatable bonds is 7. The molecule has 4 rings (SSSR count). The van der Waals surface area contributed by atoms with Gasteiger partial charge in [0.25, 0.3) is 0 Å². The second kappa shape index (κ2) is 7.94. The average molecular weight is 410 g/mol. The lowest BCUT2D eigenvalue weighted by Gasteiger charge is -2.42. The maximum atomic E-state index is 12.8. The van der Waals surface area contributed by atoms with E-state index in [-0.39, 0.29) is 17.8 Å². The molecule has 1 aliphatic carbocycles. The zero-order chi connectivity index (χ0) is 19.7. The number of hydrogen-bond donors (Lipinski definition) is 1. The Hall–Kier alpha value is -1.75. The molecule has 1 saturated carbocycles. The highest BCUT2D eigenvalue weighted by atomic mass is 32.2. The van der Waals surface area contributed by atoms with Gasteiger partial charge in [-0.15, -0.1) is 0 Å². The fourth-order valence-electron chi connectivity index (χ4n) is 4.10. The summed E-state index contributed by atoms with van der Waals surface area (Å²) < 4.78 is 37.9. The Balaban J connectivity index is 1.34. The maximum absolute atomic E-state index is 12.8. The maximum Gasteiger partial charge on any atom is 0.214 e. The molecule has 0 aromatic carbocycles. The molecule has 2 aromatic rings. The Bertz CT molecular complexity index is 910. The topological polar surface area (TPSA) is 101 Å². The van der Waals surface area contributed by atoms with Gasteiger partial charge in [0.15, 0.2) is 0 Å². The summed E-state index contributed by atoms with van der Waals surface area (Å²) >= 11 is 0. The number of morpholine rings is 1. The van der Waals surface area contributed by atoms with Crippen molar-refractivity contribution in [2.75, 3.05) is 51.1 Å². The Morgan fingerprint density at radius 3 is 3.00 bits per heavy atom. The van der Waals surface area contributed by atoms with Crippen molar-refractivity contribution in [3.63, 3.8) is 0 Å². The van der Waals surface area contributed by atoms with Gasteiger partial charge in [0.2, 0.25) is 10.0 Å². The van der Waals surface area contributed by atoms with Gasteiger partial charge in [-0.1, -0.05) is 0 Å². The summed E-state index contributed by atoms with van der Waals surface area (Å²) in [5, 5.41) is 0.985. The average Bonchev–Trinajstić information content (AvgIpc) is 3.13. The highest BCUT2D eigenvalue weighted by molar-refractivity contribution is 7.89. The molecule has 1 saturated heterocycles. The van der Waals surface area contributed by atoms with Crippen molar-refractivity contribution in [1.82, 2.24) is 19.3 Å². The third-order valence-electron chi connectivity index (χ3n) is 5.72. The minimum Gasteiger partial charge on any atom is -0.382 e. The van der Waals surface area contributed by atoms with Crippen molar-refractivity contribution in [2.24, 2.45) is 5.92 Å². The summed E-state index contributed by atoms with van der Waals surface area (Å²) in [6, 6.07) is 2.26. The summed E-state index contributed by atoms with van der Waals surface area (Å²) in [6.45, 7) is 1.63. The molecule has 1 unspecified atom stereocenters. The minimum absolute atomic E-state index is 0.171. The lowest BCUT2D eigenvalue weighted by atomic mass is 9.81. The molecule has 9 nitrogen and oxygen atoms in total. The molecule has 0 amide bonds. The normalized spacial score (nSPS) is 26.3. The number of aromatic nitrogens is 3. The van der Waals surface area contributed by atoms with Gasteiger partial charge >= 0.3 is 0 Å². The Labute approximate surface area is 165 Å². The zero-order valence-electron chi connectivity index (χ0n) is 16.2. The smallest absolute Gasteiger partial charge is 0.214 e. The number of methoxy groups -OCH3 is 1. The molecule has 3 heterocycles. The summed E-state index contributed by atoms with van der Waals surface area (Å²) in [7, 11) is 0.328. The fourth-order valence-corrected chi connectivity index (χ4v) is 5.93. The molecular formula is C18H27N5O4S. The summed E-state index contributed by atoms with van der Waals surface area (Å²) in [4.78, 5) is 13.9. The van der Waals surface area contributed by atoms with Crippen LogP contribution in [-0.4, -0.2) is 86.0 Å². The second-order valence-electron chi connectivity index (χ2n) is 7.62. The molecule has 0 bridgehead atoms. The third-order valence-corrected chi connectivity index (χ3v) is 7.73. The summed E-state index contributed by atoms with van der Waals surface area (Å²) in [5.74, 6) is 1.25. The van der Waals surface area contributed by atoms with Crippen LogP contribution in [-0.2, 0) is 19.5 Å². The molecule has 2 fully saturated rings. The zero-order valence-corrected chi connectivity index (χ0v) is 17.1. The van der Waals surface area contributed by atoms with E-state index < -0.39 is 10.0 Å². The van der Waals surface area contributed by atoms with Crippen LogP contribution in [0, 0.1) is 5.92 Å². The summed E-state index contributed by atoms with van der Waals surface area (Å²) in [5.41, 5.74) is 0.813. The first-order valence-corrected chi connectivity index (χ1v) is 11.2. The first kappa shape index (κ1) is 19.6. The van der Waals surface area contributed by atoms with Gasteiger partial charge in [-0.2, -0.15) is 4.31 Å². The molecule has 10 heteroatoms. The van der Waals surface area contributed by atoms with E-state index in [2.05, 4.69) is 19.9 Å². The van der Waals surface area contributed by atoms with Crippen LogP contribution in [0.25, 0.3) is 11.0 Å². The van der Waals surface area contributed by atoms with Gasteiger partial charge in [-0.05, 0) is 24.8 Å². The van der Waals surface area contributed by atoms with Crippen molar-refractivity contribution in [1.29, 1.82) is 0 Å². The molecule has 1 aliphatic heterocycles. The van der Waals surface area contributed by atoms with Gasteiger partial charge in [0.05, 0.1) is 30.5 Å². The van der Waals surface area contributed by atoms with E-state index in [0.717, 1.165) is 29.7 Å². The number of anilines is 1. The van der Waals surface area contributed by atoms with E-state index in [1.165, 1.54) is 0 Å². The number of hydrogen-bond acceptors (Lipinski definition) is 7. The van der Waals surface area contributed by atoms with Crippen LogP contribution in [0.2, 0.25) is 0 Å². The monoisotopic (exact) mass is 409 g/mol. The molecule has 0 radical (unpaired) electrons. The second-order valence-corrected chi connectivity index (χ2v) is 9.64. The van der Waals surface area contributed by atoms with Gasteiger partial charge < -0.3 is 19.4 Å². The predicted molar refractivity (Wildman–Crippen MR) is 106 cm³/mol. The van der Waals surface area contributed by atoms with Crippen molar-refractivity contribution in [2.45, 2.75) is 25.0 Å². The molecule has 1 atom stereocenters. The number of ether oxygens (including phenoxy) is 2. The van der Waals surface area contributed by atoms with Crippen LogP contribution in [0.15, 0.2) is 18.6 Å². The van der Waals surface area contributed by atoms with Gasteiger partial charge in [0, 0.05) is 39.5 Å². The van der Waals surface area contributed by atoms with Crippen molar-refractivity contribution in [3.05, 3.63) is 18.6 Å². The molecule has 1 N–H and O–H groups in total. The minimum atomic E-state index is -3.29. The largest absolute Gasteiger partial charge is 0.382 e. The fraction of sp³-hybridized carbons (Fsp3) is 0.667. The van der Waals surface area contributed by atoms with E-state index in [0.29, 0.717) is 32.3 Å². The molecule has 28 heavy (non-hydrogen) atoms. The van der Waals surface area contributed by atoms with Crippen LogP contribution in [0.1, 0.15) is 12.8 Å². The summed E-state index contributed by atoms with van der Waals surface area (Å²) in [6.07, 6.45) is 4.91. The SMILES string of the molecule is COCC1CN(S(=O)(=O)C[C@H]2C[C@@H](N(C)c3ncnc4[nH]ccc34)C2)CCO1. The molecule has 2 aromatic heterocycles. The number of aromatic amines is 1. The van der Waals surface area contributed by atoms with Crippen LogP contribution < -0.4 is 4.90 Å². The van der Waals surface area contributed by atoms with Crippen LogP contribution in [0.4, 0.5) is 5.82 Å². The van der Waals surface area contributed by atoms with Crippen LogP contribution >= 0.6 is 0 Å². The lowest BCUT2D eigenvalue weighted by molar-refractivity contribution is -0.0408. The third kappa shape index (κ3) is 3.86. The van der Waals surface area contributed by atoms with Crippen molar-refractivity contribution < 1.29 is 17.9 Å². The van der Waals surface area contributed by atoms with Crippen molar-refractivity contribution >= 4 is 26.9 Å². The number of nitrogens with zero attached hydrogens (tertiary/aromatic N) is 4. The van der Waals surface area contributed by atoms with Gasteiger partial charge in [-0.3, -0.25) is 0 Å². The van der Waals surface area contributed by atoms with E-state index in [1.54, 1.807) is 17.7 Å². The lowest BCUT2D eigenvalue weighted by Crippen LogP contribution is -2.51. The van der Waals surface area contributed by atoms with E-state index in [4.69, 9.17) is 9.47 Å². The molecule has 0 spiro atoms. The first-order valence-electron chi connectivity index (χ1n) is 9.57. The highest BCUT2D eigenvalue weighted by Crippen LogP contribution is 2.36. The Morgan fingerprint density at radius 2 is 2.21 bits per heavy atom. The van der Waals surface area contributed by atoms with Gasteiger partial charge in [0.1, 0.15) is 17.8 Å². The number of sulfonamides is 1. The predicted octanol–water partition coefficient (Wildman–Crippen LogP) is 0.850. The highest BCUT2D eigenvalue weighted by Gasteiger charge is 2.38. The van der Waals surface area contributed by atoms with E-state index in [9.17, 15) is 8.42 Å². The Morgan fingerprint density at radius 1 is 1.39 bits per heavy atom. The van der Waals surface area contributed by atoms with Crippen LogP contribution in [0.5, 0.6) is 0 Å². The Kier molecular flexibility index (Phi) is 5.55. The van der Waals surface area contributed by atoms with Gasteiger partial charge in [-0.25, -0.2) is 18.4 Å². The molecular weight excluding hydrogens is 382 g/mol. The number of H-pyrrole nitrogens is 1. The first-order chi connectivity index (χ1) is 13.5. The number of fused-ring (bicyclic) bond motifs is 1. The number of nitrogens with one attached hydrogen (secondary N) is 1. The quantitative estimate of drug-likeness (QED) is 0.723. The molecule has 2 aliphatic rings.